The maximum Gasteiger partial charge on any atom is 0.0861 e. The van der Waals surface area contributed by atoms with Crippen LogP contribution in [0.5, 0.6) is 0 Å². The van der Waals surface area contributed by atoms with Gasteiger partial charge in [0.2, 0.25) is 0 Å². The lowest BCUT2D eigenvalue weighted by molar-refractivity contribution is -0.0908. The molecule has 12 rings (SSSR count). The second kappa shape index (κ2) is 56.7. The van der Waals surface area contributed by atoms with Gasteiger partial charge in [0.1, 0.15) is 0 Å². The maximum atomic E-state index is 7.78. The highest BCUT2D eigenvalue weighted by Gasteiger charge is 2.39. The van der Waals surface area contributed by atoms with Gasteiger partial charge in [-0.2, -0.15) is 0 Å². The van der Waals surface area contributed by atoms with Crippen molar-refractivity contribution in [2.75, 3.05) is 0 Å². The maximum absolute atomic E-state index is 7.78. The number of nitrogens with zero attached hydrogens (tertiary/aromatic N) is 4. The molecule has 4 heterocycles. The number of aryl methyl sites for hydroxylation is 4. The zero-order valence-electron chi connectivity index (χ0n) is 79.9. The molecule has 0 radical (unpaired) electrons. The molecule has 0 saturated heterocycles. The number of benzene rings is 4. The molecule has 0 bridgehead atoms. The SMILES string of the molecule is CCCCCCCc1ccc(-c2ccc(C(OC(c3ccc(-c4ccc(CCCCCCC)cn4)cc3)[C@H]3CC[C@H](CCCC)CC3)[C@H]3CC[C@H](CCCC)CC3)cc2)nc1.CCCCCCCc1ccc(-c2ccc(C(OC(c3ccc(-c4ccc(CCCCCCC)cn4)cc3)[C@H]3CC[C@H](CCCCC)CC3)[C@H]3CC[C@H](CCCCC)CC3)cc2)nc1. The van der Waals surface area contributed by atoms with E-state index in [2.05, 4.69) is 226 Å². The number of hydrogen-bond acceptors (Lipinski definition) is 6. The first-order valence-corrected chi connectivity index (χ1v) is 52.7. The van der Waals surface area contributed by atoms with Gasteiger partial charge >= 0.3 is 0 Å². The Labute approximate surface area is 758 Å². The first kappa shape index (κ1) is 98.0. The summed E-state index contributed by atoms with van der Waals surface area (Å²) in [4.78, 5) is 19.8. The summed E-state index contributed by atoms with van der Waals surface area (Å²) >= 11 is 0. The highest BCUT2D eigenvalue weighted by Crippen LogP contribution is 2.51. The molecule has 4 aromatic carbocycles. The van der Waals surface area contributed by atoms with E-state index in [-0.39, 0.29) is 24.4 Å². The molecule has 4 saturated carbocycles. The van der Waals surface area contributed by atoms with Crippen LogP contribution in [0.25, 0.3) is 45.0 Å². The number of rotatable bonds is 54. The summed E-state index contributed by atoms with van der Waals surface area (Å²) in [5, 5.41) is 0. The van der Waals surface area contributed by atoms with Crippen LogP contribution in [0.15, 0.2) is 170 Å². The molecule has 4 fully saturated rings. The van der Waals surface area contributed by atoms with Gasteiger partial charge in [-0.25, -0.2) is 0 Å². The van der Waals surface area contributed by atoms with Crippen molar-refractivity contribution < 1.29 is 9.47 Å². The third kappa shape index (κ3) is 32.6. The molecular weight excluding hydrogens is 1510 g/mol. The number of pyridine rings is 4. The fourth-order valence-electron chi connectivity index (χ4n) is 21.7. The predicted molar refractivity (Wildman–Crippen MR) is 531 cm³/mol. The Kier molecular flexibility index (Phi) is 44.8. The molecule has 0 aliphatic heterocycles. The molecule has 0 N–H and O–H groups in total. The first-order chi connectivity index (χ1) is 61.2. The fraction of sp³-hybridized carbons (Fsp3) is 0.627. The lowest BCUT2D eigenvalue weighted by Gasteiger charge is -2.40. The van der Waals surface area contributed by atoms with Crippen molar-refractivity contribution in [3.8, 4) is 45.0 Å². The van der Waals surface area contributed by atoms with Gasteiger partial charge in [-0.05, 0) is 219 Å². The van der Waals surface area contributed by atoms with Crippen LogP contribution in [0, 0.1) is 47.3 Å². The summed E-state index contributed by atoms with van der Waals surface area (Å²) < 4.78 is 15.5. The van der Waals surface area contributed by atoms with Crippen LogP contribution < -0.4 is 0 Å². The zero-order valence-corrected chi connectivity index (χ0v) is 79.9. The van der Waals surface area contributed by atoms with Crippen LogP contribution in [0.4, 0.5) is 0 Å². The largest absolute Gasteiger partial charge is 0.365 e. The van der Waals surface area contributed by atoms with Gasteiger partial charge in [-0.3, -0.25) is 19.9 Å². The number of unbranched alkanes of at least 4 members (excludes halogenated alkanes) is 22. The van der Waals surface area contributed by atoms with E-state index in [1.54, 1.807) is 0 Å². The van der Waals surface area contributed by atoms with E-state index >= 15 is 0 Å². The minimum Gasteiger partial charge on any atom is -0.365 e. The van der Waals surface area contributed by atoms with E-state index in [0.29, 0.717) is 23.7 Å². The highest BCUT2D eigenvalue weighted by atomic mass is 16.5. The fourth-order valence-corrected chi connectivity index (χ4v) is 21.7. The van der Waals surface area contributed by atoms with Gasteiger partial charge in [-0.15, -0.1) is 0 Å². The Bertz CT molecular complexity index is 3760. The first-order valence-electron chi connectivity index (χ1n) is 52.7. The Morgan fingerprint density at radius 2 is 0.403 bits per heavy atom. The second-order valence-corrected chi connectivity index (χ2v) is 39.7. The second-order valence-electron chi connectivity index (χ2n) is 39.7. The lowest BCUT2D eigenvalue weighted by Crippen LogP contribution is -2.28. The van der Waals surface area contributed by atoms with Crippen LogP contribution in [-0.4, -0.2) is 19.9 Å². The number of ether oxygens (including phenoxy) is 2. The van der Waals surface area contributed by atoms with Crippen molar-refractivity contribution in [2.24, 2.45) is 47.3 Å². The smallest absolute Gasteiger partial charge is 0.0861 e. The molecule has 4 atom stereocenters. The van der Waals surface area contributed by atoms with Gasteiger partial charge in [0.25, 0.3) is 0 Å². The van der Waals surface area contributed by atoms with Crippen molar-refractivity contribution in [1.82, 2.24) is 19.9 Å². The molecule has 0 spiro atoms. The Morgan fingerprint density at radius 3 is 0.597 bits per heavy atom. The molecule has 6 heteroatoms. The van der Waals surface area contributed by atoms with Crippen LogP contribution in [0.3, 0.4) is 0 Å². The van der Waals surface area contributed by atoms with Crippen molar-refractivity contribution >= 4 is 0 Å². The molecule has 0 amide bonds. The molecule has 8 aromatic rings. The van der Waals surface area contributed by atoms with Gasteiger partial charge in [0, 0.05) is 47.0 Å². The summed E-state index contributed by atoms with van der Waals surface area (Å²) in [5.74, 6) is 5.65. The normalized spacial score (nSPS) is 20.3. The molecular formula is C118H172N4O2. The van der Waals surface area contributed by atoms with E-state index in [0.717, 1.165) is 72.1 Å². The third-order valence-corrected chi connectivity index (χ3v) is 29.9. The zero-order chi connectivity index (χ0) is 86.4. The molecule has 124 heavy (non-hydrogen) atoms. The van der Waals surface area contributed by atoms with Gasteiger partial charge in [-0.1, -0.05) is 421 Å². The Balaban J connectivity index is 0.000000241. The lowest BCUT2D eigenvalue weighted by atomic mass is 9.74. The van der Waals surface area contributed by atoms with Gasteiger partial charge in [0.15, 0.2) is 0 Å². The van der Waals surface area contributed by atoms with Crippen molar-refractivity contribution in [2.45, 2.75) is 427 Å². The predicted octanol–water partition coefficient (Wildman–Crippen LogP) is 36.0. The summed E-state index contributed by atoms with van der Waals surface area (Å²) in [6.45, 7) is 18.5. The summed E-state index contributed by atoms with van der Waals surface area (Å²) in [6.07, 6.45) is 79.4. The van der Waals surface area contributed by atoms with Crippen LogP contribution >= 0.6 is 0 Å². The van der Waals surface area contributed by atoms with Gasteiger partial charge < -0.3 is 9.47 Å². The Morgan fingerprint density at radius 1 is 0.210 bits per heavy atom. The molecule has 4 unspecified atom stereocenters. The van der Waals surface area contributed by atoms with Crippen molar-refractivity contribution in [1.29, 1.82) is 0 Å². The molecule has 6 nitrogen and oxygen atoms in total. The average molecular weight is 1680 g/mol. The molecule has 4 aliphatic rings. The highest BCUT2D eigenvalue weighted by molar-refractivity contribution is 5.63. The molecule has 4 aromatic heterocycles. The molecule has 4 aliphatic carbocycles. The van der Waals surface area contributed by atoms with E-state index < -0.39 is 0 Å². The summed E-state index contributed by atoms with van der Waals surface area (Å²) in [5.41, 5.74) is 19.9. The standard InChI is InChI=1S/C60H88N2O.C58H84N2O/c1-5-9-13-15-19-23-49-29-43-57(61-45-49)51-35-39-55(40-36-51)59(53-31-25-47(26-32-53)21-17-11-7-3)63-60(54-33-27-48(28-34-54)22-18-12-8-4)56-41-37-52(38-42-56)58-44-30-50(46-62-58)24-20-16-14-10-6-2;1-5-9-13-15-17-21-47-27-41-55(59-43-47)49-33-37-53(38-34-49)57(51-29-23-45(24-30-51)19-11-7-3)61-58(52-31-25-46(26-32-52)20-12-8-4)54-39-35-50(36-40-54)56-42-28-48(44-60-56)22-18-16-14-10-6-2/h29-30,35-48,53-54,59-60H,5-28,31-34H2,1-4H3;27-28,33-46,51-52,57-58H,5-26,29-32H2,1-4H3/t47-,48-,53-,54-,59?,60?;45-,46-,51-,52-,57?,58?. The van der Waals surface area contributed by atoms with E-state index in [4.69, 9.17) is 29.4 Å². The number of hydrogen-bond donors (Lipinski definition) is 0. The van der Waals surface area contributed by atoms with Crippen LogP contribution in [0.2, 0.25) is 0 Å². The summed E-state index contributed by atoms with van der Waals surface area (Å²) in [7, 11) is 0. The Hall–Kier alpha value is -6.60. The monoisotopic (exact) mass is 1680 g/mol. The third-order valence-electron chi connectivity index (χ3n) is 29.9. The van der Waals surface area contributed by atoms with Crippen LogP contribution in [-0.2, 0) is 35.2 Å². The minimum atomic E-state index is 0.0850. The van der Waals surface area contributed by atoms with Crippen LogP contribution in [0.1, 0.15) is 445 Å². The average Bonchev–Trinajstić information content (AvgIpc) is 0.801. The molecule has 676 valence electrons. The number of aromatic nitrogens is 4. The van der Waals surface area contributed by atoms with Crippen molar-refractivity contribution in [3.05, 3.63) is 215 Å². The van der Waals surface area contributed by atoms with E-state index in [9.17, 15) is 0 Å². The quantitative estimate of drug-likeness (QED) is 0.0354. The van der Waals surface area contributed by atoms with Gasteiger partial charge in [0.05, 0.1) is 47.2 Å². The van der Waals surface area contributed by atoms with Crippen molar-refractivity contribution in [3.63, 3.8) is 0 Å². The summed E-state index contributed by atoms with van der Waals surface area (Å²) in [6, 6.07) is 55.8. The topological polar surface area (TPSA) is 70.0 Å². The minimum absolute atomic E-state index is 0.0850. The van der Waals surface area contributed by atoms with E-state index in [1.165, 1.54) is 388 Å². The van der Waals surface area contributed by atoms with E-state index in [1.807, 2.05) is 0 Å².